The van der Waals surface area contributed by atoms with Gasteiger partial charge in [0.25, 0.3) is 5.91 Å². The molecule has 2 atom stereocenters. The van der Waals surface area contributed by atoms with Crippen LogP contribution >= 0.6 is 0 Å². The van der Waals surface area contributed by atoms with E-state index in [0.29, 0.717) is 16.8 Å². The van der Waals surface area contributed by atoms with Crippen molar-refractivity contribution in [3.8, 4) is 0 Å². The van der Waals surface area contributed by atoms with E-state index in [1.54, 1.807) is 36.2 Å². The van der Waals surface area contributed by atoms with Crippen molar-refractivity contribution in [2.75, 3.05) is 11.9 Å². The molecule has 3 rings (SSSR count). The number of amidine groups is 1. The molecule has 0 radical (unpaired) electrons. The second-order valence-corrected chi connectivity index (χ2v) is 7.65. The van der Waals surface area contributed by atoms with Crippen molar-refractivity contribution in [2.24, 2.45) is 11.7 Å². The molecule has 0 saturated carbocycles. The number of nitrogens with one attached hydrogen (secondary N) is 1. The fourth-order valence-electron chi connectivity index (χ4n) is 4.29. The number of hydrogen-bond acceptors (Lipinski definition) is 3. The van der Waals surface area contributed by atoms with E-state index in [2.05, 4.69) is 6.92 Å². The second-order valence-electron chi connectivity index (χ2n) is 7.65. The average Bonchev–Trinajstić information content (AvgIpc) is 2.71. The maximum Gasteiger partial charge on any atom is 0.303 e. The Balaban J connectivity index is 1.87. The number of amides is 1. The Hall–Kier alpha value is -3.15. The number of rotatable bonds is 6. The number of nitrogens with two attached hydrogens (primary N) is 1. The van der Waals surface area contributed by atoms with Gasteiger partial charge in [0.1, 0.15) is 5.84 Å². The van der Waals surface area contributed by atoms with Gasteiger partial charge in [-0.05, 0) is 78.6 Å². The maximum atomic E-state index is 13.1. The number of nitrogens with zero attached hydrogens (tertiary/aromatic N) is 1. The number of benzene rings is 2. The Morgan fingerprint density at radius 1 is 1.17 bits per heavy atom. The summed E-state index contributed by atoms with van der Waals surface area (Å²) in [6.45, 7) is 2.08. The van der Waals surface area contributed by atoms with Gasteiger partial charge < -0.3 is 15.7 Å². The normalized spacial score (nSPS) is 18.0. The Kier molecular flexibility index (Phi) is 6.01. The summed E-state index contributed by atoms with van der Waals surface area (Å²) in [5.74, 6) is -0.645. The lowest BCUT2D eigenvalue weighted by molar-refractivity contribution is -0.138. The van der Waals surface area contributed by atoms with Crippen LogP contribution in [-0.4, -0.2) is 29.9 Å². The van der Waals surface area contributed by atoms with Gasteiger partial charge in [-0.2, -0.15) is 0 Å². The highest BCUT2D eigenvalue weighted by molar-refractivity contribution is 6.06. The molecule has 152 valence electrons. The molecule has 6 heteroatoms. The van der Waals surface area contributed by atoms with Crippen molar-refractivity contribution in [3.63, 3.8) is 0 Å². The smallest absolute Gasteiger partial charge is 0.303 e. The van der Waals surface area contributed by atoms with Crippen LogP contribution in [0, 0.1) is 11.3 Å². The van der Waals surface area contributed by atoms with E-state index in [4.69, 9.17) is 11.1 Å². The summed E-state index contributed by atoms with van der Waals surface area (Å²) in [6, 6.07) is 12.8. The summed E-state index contributed by atoms with van der Waals surface area (Å²) < 4.78 is 0. The number of carboxylic acid groups (broad SMARTS) is 1. The van der Waals surface area contributed by atoms with Crippen LogP contribution in [0.5, 0.6) is 0 Å². The third-order valence-electron chi connectivity index (χ3n) is 5.89. The standard InChI is InChI=1S/C23H27N3O3/c1-3-19-16(13-21(27)28)6-4-14-5-7-17(12-20(14)19)23(29)26(2)18-10-8-15(9-11-18)22(24)25/h5,7-12,16,19H,3-4,6,13H2,1-2H3,(H3,24,25)(H,27,28). The highest BCUT2D eigenvalue weighted by Crippen LogP contribution is 2.40. The molecular formula is C23H27N3O3. The van der Waals surface area contributed by atoms with Crippen LogP contribution in [0.2, 0.25) is 0 Å². The monoisotopic (exact) mass is 393 g/mol. The zero-order valence-electron chi connectivity index (χ0n) is 16.8. The summed E-state index contributed by atoms with van der Waals surface area (Å²) in [6.07, 6.45) is 2.73. The molecule has 2 unspecified atom stereocenters. The van der Waals surface area contributed by atoms with Crippen molar-refractivity contribution >= 4 is 23.4 Å². The van der Waals surface area contributed by atoms with Crippen LogP contribution < -0.4 is 10.6 Å². The lowest BCUT2D eigenvalue weighted by atomic mass is 9.72. The number of fused-ring (bicyclic) bond motifs is 1. The van der Waals surface area contributed by atoms with Crippen LogP contribution in [0.1, 0.15) is 59.2 Å². The van der Waals surface area contributed by atoms with Crippen LogP contribution in [0.3, 0.4) is 0 Å². The van der Waals surface area contributed by atoms with Gasteiger partial charge >= 0.3 is 5.97 Å². The van der Waals surface area contributed by atoms with E-state index in [1.807, 2.05) is 18.2 Å². The van der Waals surface area contributed by atoms with E-state index >= 15 is 0 Å². The van der Waals surface area contributed by atoms with Gasteiger partial charge in [-0.1, -0.05) is 13.0 Å². The number of aryl methyl sites for hydroxylation is 1. The molecule has 4 N–H and O–H groups in total. The minimum absolute atomic E-state index is 0.0123. The fraction of sp³-hybridized carbons (Fsp3) is 0.348. The third kappa shape index (κ3) is 4.31. The van der Waals surface area contributed by atoms with Gasteiger partial charge in [-0.3, -0.25) is 15.0 Å². The first-order valence-corrected chi connectivity index (χ1v) is 9.89. The molecule has 0 saturated heterocycles. The summed E-state index contributed by atoms with van der Waals surface area (Å²) in [5.41, 5.74) is 9.73. The molecule has 2 aromatic rings. The molecule has 0 bridgehead atoms. The number of nitrogen functional groups attached to an aromatic ring is 1. The Morgan fingerprint density at radius 3 is 2.41 bits per heavy atom. The topological polar surface area (TPSA) is 107 Å². The summed E-state index contributed by atoms with van der Waals surface area (Å²) in [4.78, 5) is 25.9. The quantitative estimate of drug-likeness (QED) is 0.513. The molecule has 1 aliphatic rings. The lowest BCUT2D eigenvalue weighted by Crippen LogP contribution is -2.28. The number of hydrogen-bond donors (Lipinski definition) is 3. The van der Waals surface area contributed by atoms with E-state index in [9.17, 15) is 14.7 Å². The largest absolute Gasteiger partial charge is 0.481 e. The molecule has 0 fully saturated rings. The molecule has 0 aromatic heterocycles. The van der Waals surface area contributed by atoms with Gasteiger partial charge in [0.05, 0.1) is 0 Å². The molecule has 2 aromatic carbocycles. The summed E-state index contributed by atoms with van der Waals surface area (Å²) in [7, 11) is 1.72. The first-order valence-electron chi connectivity index (χ1n) is 9.89. The van der Waals surface area contributed by atoms with Gasteiger partial charge in [0, 0.05) is 30.3 Å². The highest BCUT2D eigenvalue weighted by atomic mass is 16.4. The van der Waals surface area contributed by atoms with E-state index in [1.165, 1.54) is 5.56 Å². The number of carbonyl (C=O) groups excluding carboxylic acids is 1. The van der Waals surface area contributed by atoms with Crippen molar-refractivity contribution in [3.05, 3.63) is 64.7 Å². The van der Waals surface area contributed by atoms with E-state index < -0.39 is 5.97 Å². The average molecular weight is 393 g/mol. The molecular weight excluding hydrogens is 366 g/mol. The van der Waals surface area contributed by atoms with Crippen LogP contribution in [-0.2, 0) is 11.2 Å². The zero-order chi connectivity index (χ0) is 21.1. The van der Waals surface area contributed by atoms with Crippen molar-refractivity contribution < 1.29 is 14.7 Å². The SMILES string of the molecule is CCC1c2cc(C(=O)N(C)c3ccc(C(=N)N)cc3)ccc2CCC1CC(=O)O. The molecule has 0 heterocycles. The molecule has 0 spiro atoms. The summed E-state index contributed by atoms with van der Waals surface area (Å²) >= 11 is 0. The van der Waals surface area contributed by atoms with Crippen molar-refractivity contribution in [2.45, 2.75) is 38.5 Å². The second kappa shape index (κ2) is 8.47. The van der Waals surface area contributed by atoms with E-state index in [0.717, 1.165) is 24.8 Å². The van der Waals surface area contributed by atoms with Gasteiger partial charge in [-0.15, -0.1) is 0 Å². The lowest BCUT2D eigenvalue weighted by Gasteiger charge is -2.33. The zero-order valence-corrected chi connectivity index (χ0v) is 16.8. The molecule has 29 heavy (non-hydrogen) atoms. The molecule has 1 amide bonds. The minimum atomic E-state index is -0.766. The number of aliphatic carboxylic acids is 1. The van der Waals surface area contributed by atoms with Gasteiger partial charge in [0.2, 0.25) is 0 Å². The van der Waals surface area contributed by atoms with Crippen molar-refractivity contribution in [1.82, 2.24) is 0 Å². The third-order valence-corrected chi connectivity index (χ3v) is 5.89. The van der Waals surface area contributed by atoms with Crippen LogP contribution in [0.4, 0.5) is 5.69 Å². The predicted octanol–water partition coefficient (Wildman–Crippen LogP) is 3.78. The molecule has 1 aliphatic carbocycles. The van der Waals surface area contributed by atoms with E-state index in [-0.39, 0.29) is 30.0 Å². The van der Waals surface area contributed by atoms with Gasteiger partial charge in [0.15, 0.2) is 0 Å². The first-order chi connectivity index (χ1) is 13.8. The number of carboxylic acids is 1. The van der Waals surface area contributed by atoms with Crippen LogP contribution in [0.15, 0.2) is 42.5 Å². The van der Waals surface area contributed by atoms with Crippen molar-refractivity contribution in [1.29, 1.82) is 5.41 Å². The Labute approximate surface area is 170 Å². The predicted molar refractivity (Wildman–Crippen MR) is 114 cm³/mol. The first kappa shape index (κ1) is 20.6. The molecule has 6 nitrogen and oxygen atoms in total. The highest BCUT2D eigenvalue weighted by Gasteiger charge is 2.30. The number of carbonyl (C=O) groups is 2. The minimum Gasteiger partial charge on any atom is -0.481 e. The Bertz CT molecular complexity index is 937. The Morgan fingerprint density at radius 2 is 1.83 bits per heavy atom. The fourth-order valence-corrected chi connectivity index (χ4v) is 4.29. The maximum absolute atomic E-state index is 13.1. The van der Waals surface area contributed by atoms with Crippen LogP contribution in [0.25, 0.3) is 0 Å². The summed E-state index contributed by atoms with van der Waals surface area (Å²) in [5, 5.41) is 16.7. The number of anilines is 1. The molecule has 0 aliphatic heterocycles. The van der Waals surface area contributed by atoms with Gasteiger partial charge in [-0.25, -0.2) is 0 Å².